The third kappa shape index (κ3) is 4.18. The normalized spacial score (nSPS) is 16.0. The largest absolute Gasteiger partial charge is 0.411 e. The maximum absolute atomic E-state index is 13.9. The van der Waals surface area contributed by atoms with Crippen molar-refractivity contribution in [3.05, 3.63) is 74.9 Å². The second-order valence-corrected chi connectivity index (χ2v) is 9.49. The monoisotopic (exact) mass is 470 g/mol. The predicted octanol–water partition coefficient (Wildman–Crippen LogP) is 5.47. The molecule has 156 valence electrons. The molecule has 0 aliphatic carbocycles. The van der Waals surface area contributed by atoms with Crippen molar-refractivity contribution in [1.29, 1.82) is 0 Å². The van der Waals surface area contributed by atoms with E-state index >= 15 is 0 Å². The molecule has 0 unspecified atom stereocenters. The maximum Gasteiger partial charge on any atom is 0.277 e. The van der Waals surface area contributed by atoms with E-state index in [1.54, 1.807) is 45.9 Å². The van der Waals surface area contributed by atoms with Crippen LogP contribution in [0.1, 0.15) is 22.2 Å². The number of aromatic nitrogens is 2. The molecule has 1 amide bonds. The Morgan fingerprint density at radius 1 is 1.13 bits per heavy atom. The number of carbonyl (C=O) groups is 1. The topological polar surface area (TPSA) is 71.6 Å². The molecular formula is C21H15FN4O2S3. The number of hydrogen-bond acceptors (Lipinski definition) is 8. The van der Waals surface area contributed by atoms with Gasteiger partial charge in [-0.3, -0.25) is 4.79 Å². The van der Waals surface area contributed by atoms with Gasteiger partial charge in [0.15, 0.2) is 0 Å². The number of hydrogen-bond donors (Lipinski definition) is 0. The molecule has 4 aromatic rings. The van der Waals surface area contributed by atoms with Gasteiger partial charge in [-0.1, -0.05) is 36.0 Å². The van der Waals surface area contributed by atoms with E-state index in [0.717, 1.165) is 27.2 Å². The van der Waals surface area contributed by atoms with E-state index in [9.17, 15) is 9.18 Å². The van der Waals surface area contributed by atoms with Crippen molar-refractivity contribution in [3.8, 4) is 11.5 Å². The van der Waals surface area contributed by atoms with Gasteiger partial charge in [-0.2, -0.15) is 5.10 Å². The molecule has 0 saturated heterocycles. The molecule has 5 rings (SSSR count). The van der Waals surface area contributed by atoms with Gasteiger partial charge in [0.05, 0.1) is 27.9 Å². The number of halogens is 1. The first kappa shape index (κ1) is 20.1. The van der Waals surface area contributed by atoms with Crippen LogP contribution in [0.15, 0.2) is 74.0 Å². The van der Waals surface area contributed by atoms with Gasteiger partial charge in [0, 0.05) is 11.3 Å². The van der Waals surface area contributed by atoms with Gasteiger partial charge in [0.2, 0.25) is 0 Å². The number of thiophene rings is 2. The van der Waals surface area contributed by atoms with Crippen LogP contribution >= 0.6 is 34.4 Å². The van der Waals surface area contributed by atoms with Crippen molar-refractivity contribution in [2.45, 2.75) is 17.7 Å². The van der Waals surface area contributed by atoms with Crippen LogP contribution < -0.4 is 0 Å². The lowest BCUT2D eigenvalue weighted by Crippen LogP contribution is -2.28. The highest BCUT2D eigenvalue weighted by Gasteiger charge is 2.34. The van der Waals surface area contributed by atoms with Crippen LogP contribution in [0.3, 0.4) is 0 Å². The van der Waals surface area contributed by atoms with E-state index in [4.69, 9.17) is 4.42 Å². The predicted molar refractivity (Wildman–Crippen MR) is 120 cm³/mol. The van der Waals surface area contributed by atoms with Gasteiger partial charge >= 0.3 is 0 Å². The van der Waals surface area contributed by atoms with Crippen LogP contribution in [-0.4, -0.2) is 32.6 Å². The van der Waals surface area contributed by atoms with Gasteiger partial charge in [0.25, 0.3) is 17.0 Å². The average molecular weight is 471 g/mol. The first-order valence-electron chi connectivity index (χ1n) is 9.37. The molecule has 10 heteroatoms. The molecule has 0 fully saturated rings. The summed E-state index contributed by atoms with van der Waals surface area (Å²) in [6.45, 7) is 0. The molecular weight excluding hydrogens is 455 g/mol. The Balaban J connectivity index is 1.31. The first-order chi connectivity index (χ1) is 15.2. The minimum absolute atomic E-state index is 0.0853. The first-order valence-corrected chi connectivity index (χ1v) is 12.1. The van der Waals surface area contributed by atoms with Gasteiger partial charge in [0.1, 0.15) is 5.82 Å². The lowest BCUT2D eigenvalue weighted by atomic mass is 10.1. The summed E-state index contributed by atoms with van der Waals surface area (Å²) in [6, 6.07) is 14.1. The minimum atomic E-state index is -0.440. The second-order valence-electron chi connectivity index (χ2n) is 6.64. The summed E-state index contributed by atoms with van der Waals surface area (Å²) in [5.41, 5.74) is 1.14. The standard InChI is InChI=1S/C21H15FN4O2S3/c22-14-6-2-1-5-13(14)20-23-24-21(28-20)31-12-19(27)26-16(18-8-4-10-30-18)11-15(25-26)17-7-3-9-29-17/h1-10,16H,11-12H2/t16-/m0/s1. The zero-order valence-corrected chi connectivity index (χ0v) is 18.4. The summed E-state index contributed by atoms with van der Waals surface area (Å²) in [7, 11) is 0. The third-order valence-corrected chi connectivity index (χ3v) is 7.37. The van der Waals surface area contributed by atoms with E-state index < -0.39 is 5.82 Å². The zero-order chi connectivity index (χ0) is 21.2. The summed E-state index contributed by atoms with van der Waals surface area (Å²) >= 11 is 4.34. The van der Waals surface area contributed by atoms with Crippen LogP contribution in [0.2, 0.25) is 0 Å². The molecule has 0 bridgehead atoms. The number of benzene rings is 1. The average Bonchev–Trinajstić information content (AvgIpc) is 3.57. The highest BCUT2D eigenvalue weighted by atomic mass is 32.2. The van der Waals surface area contributed by atoms with Crippen molar-refractivity contribution in [2.24, 2.45) is 5.10 Å². The van der Waals surface area contributed by atoms with Gasteiger partial charge < -0.3 is 4.42 Å². The number of nitrogens with zero attached hydrogens (tertiary/aromatic N) is 4. The molecule has 31 heavy (non-hydrogen) atoms. The van der Waals surface area contributed by atoms with E-state index in [1.807, 2.05) is 35.0 Å². The van der Waals surface area contributed by atoms with Crippen LogP contribution in [0.5, 0.6) is 0 Å². The van der Waals surface area contributed by atoms with E-state index in [0.29, 0.717) is 6.42 Å². The van der Waals surface area contributed by atoms with E-state index in [1.165, 1.54) is 6.07 Å². The second kappa shape index (κ2) is 8.74. The van der Waals surface area contributed by atoms with Crippen LogP contribution in [0.4, 0.5) is 4.39 Å². The van der Waals surface area contributed by atoms with Crippen LogP contribution in [0.25, 0.3) is 11.5 Å². The number of amides is 1. The highest BCUT2D eigenvalue weighted by Crippen LogP contribution is 2.36. The summed E-state index contributed by atoms with van der Waals surface area (Å²) in [6.07, 6.45) is 0.676. The molecule has 1 aliphatic heterocycles. The Hall–Kier alpha value is -2.82. The lowest BCUT2D eigenvalue weighted by Gasteiger charge is -2.20. The summed E-state index contributed by atoms with van der Waals surface area (Å²) in [5.74, 6) is -0.420. The third-order valence-electron chi connectivity index (χ3n) is 4.67. The van der Waals surface area contributed by atoms with Gasteiger partial charge in [-0.15, -0.1) is 32.9 Å². The minimum Gasteiger partial charge on any atom is -0.411 e. The zero-order valence-electron chi connectivity index (χ0n) is 16.0. The Kier molecular flexibility index (Phi) is 5.66. The van der Waals surface area contributed by atoms with Gasteiger partial charge in [-0.05, 0) is 35.0 Å². The lowest BCUT2D eigenvalue weighted by molar-refractivity contribution is -0.130. The maximum atomic E-state index is 13.9. The Bertz CT molecular complexity index is 1220. The van der Waals surface area contributed by atoms with Crippen LogP contribution in [0, 0.1) is 5.82 Å². The van der Waals surface area contributed by atoms with Crippen molar-refractivity contribution < 1.29 is 13.6 Å². The van der Waals surface area contributed by atoms with E-state index in [2.05, 4.69) is 15.3 Å². The molecule has 6 nitrogen and oxygen atoms in total. The molecule has 0 saturated carbocycles. The Morgan fingerprint density at radius 2 is 1.97 bits per heavy atom. The molecule has 0 radical (unpaired) electrons. The molecule has 3 aromatic heterocycles. The van der Waals surface area contributed by atoms with Crippen LogP contribution in [-0.2, 0) is 4.79 Å². The fourth-order valence-corrected chi connectivity index (χ4v) is 5.38. The molecule has 1 aliphatic rings. The summed E-state index contributed by atoms with van der Waals surface area (Å²) in [4.78, 5) is 15.2. The number of rotatable bonds is 6. The number of thioether (sulfide) groups is 1. The van der Waals surface area contributed by atoms with Crippen molar-refractivity contribution in [3.63, 3.8) is 0 Å². The molecule has 1 aromatic carbocycles. The Labute approximate surface area is 189 Å². The van der Waals surface area contributed by atoms with Gasteiger partial charge in [-0.25, -0.2) is 9.40 Å². The van der Waals surface area contributed by atoms with Crippen molar-refractivity contribution in [1.82, 2.24) is 15.2 Å². The van der Waals surface area contributed by atoms with Crippen molar-refractivity contribution >= 4 is 46.1 Å². The number of carbonyl (C=O) groups excluding carboxylic acids is 1. The molecule has 0 spiro atoms. The summed E-state index contributed by atoms with van der Waals surface area (Å²) in [5, 5.41) is 18.2. The molecule has 4 heterocycles. The fourth-order valence-electron chi connectivity index (χ4n) is 3.24. The fraction of sp³-hybridized carbons (Fsp3) is 0.143. The quantitative estimate of drug-likeness (QED) is 0.350. The Morgan fingerprint density at radius 3 is 2.74 bits per heavy atom. The summed E-state index contributed by atoms with van der Waals surface area (Å²) < 4.78 is 19.5. The SMILES string of the molecule is O=C(CSc1nnc(-c2ccccc2F)o1)N1N=C(c2cccs2)C[C@H]1c1cccs1. The highest BCUT2D eigenvalue weighted by molar-refractivity contribution is 7.99. The molecule has 1 atom stereocenters. The van der Waals surface area contributed by atoms with E-state index in [-0.39, 0.29) is 34.4 Å². The molecule has 0 N–H and O–H groups in total. The smallest absolute Gasteiger partial charge is 0.277 e. The van der Waals surface area contributed by atoms with Crippen molar-refractivity contribution in [2.75, 3.05) is 5.75 Å². The number of hydrazone groups is 1.